The Hall–Kier alpha value is -0.400. The Kier molecular flexibility index (Phi) is 8.24. The molecule has 2 aliphatic rings. The van der Waals surface area contributed by atoms with Crippen LogP contribution in [0.1, 0.15) is 6.92 Å². The van der Waals surface area contributed by atoms with Crippen molar-refractivity contribution >= 4 is 0 Å². The molecule has 0 spiro atoms. The lowest BCUT2D eigenvalue weighted by atomic mass is 9.96. The van der Waals surface area contributed by atoms with Crippen LogP contribution in [0.3, 0.4) is 0 Å². The van der Waals surface area contributed by atoms with Gasteiger partial charge in [-0.1, -0.05) is 0 Å². The summed E-state index contributed by atoms with van der Waals surface area (Å²) < 4.78 is 9.83. The molecule has 0 aromatic carbocycles. The van der Waals surface area contributed by atoms with E-state index >= 15 is 0 Å². The zero-order valence-corrected chi connectivity index (χ0v) is 12.7. The van der Waals surface area contributed by atoms with Crippen LogP contribution < -0.4 is 0 Å². The second kappa shape index (κ2) is 9.18. The van der Waals surface area contributed by atoms with E-state index in [1.807, 2.05) is 0 Å². The highest BCUT2D eigenvalue weighted by molar-refractivity contribution is 4.90. The lowest BCUT2D eigenvalue weighted by Crippen LogP contribution is -2.57. The SMILES string of the molecule is CC1OC(CO)C(O)C(O)C1O.OCC1OCC(O)C(O)C1O. The predicted molar refractivity (Wildman–Crippen MR) is 74.3 cm³/mol. The average Bonchev–Trinajstić information content (AvgIpc) is 2.55. The van der Waals surface area contributed by atoms with Crippen LogP contribution in [0, 0.1) is 0 Å². The number of aliphatic hydroxyl groups is 8. The van der Waals surface area contributed by atoms with Crippen LogP contribution in [-0.4, -0.2) is 116 Å². The Morgan fingerprint density at radius 2 is 1.26 bits per heavy atom. The first-order valence-corrected chi connectivity index (χ1v) is 7.31. The molecule has 138 valence electrons. The monoisotopic (exact) mass is 342 g/mol. The van der Waals surface area contributed by atoms with Gasteiger partial charge in [-0.05, 0) is 6.92 Å². The quantitative estimate of drug-likeness (QED) is 0.243. The molecule has 2 fully saturated rings. The third kappa shape index (κ3) is 5.03. The van der Waals surface area contributed by atoms with E-state index in [9.17, 15) is 15.3 Å². The molecule has 2 rings (SSSR count). The van der Waals surface area contributed by atoms with Gasteiger partial charge in [0.2, 0.25) is 0 Å². The summed E-state index contributed by atoms with van der Waals surface area (Å²) in [6.07, 6.45) is -9.21. The summed E-state index contributed by atoms with van der Waals surface area (Å²) >= 11 is 0. The largest absolute Gasteiger partial charge is 0.394 e. The van der Waals surface area contributed by atoms with Gasteiger partial charge in [0.05, 0.1) is 25.9 Å². The minimum absolute atomic E-state index is 0.0521. The lowest BCUT2D eigenvalue weighted by Gasteiger charge is -2.38. The van der Waals surface area contributed by atoms with Gasteiger partial charge in [0.1, 0.15) is 48.8 Å². The van der Waals surface area contributed by atoms with Gasteiger partial charge in [-0.25, -0.2) is 0 Å². The zero-order valence-electron chi connectivity index (χ0n) is 12.7. The van der Waals surface area contributed by atoms with Gasteiger partial charge in [0, 0.05) is 0 Å². The minimum Gasteiger partial charge on any atom is -0.394 e. The van der Waals surface area contributed by atoms with Crippen LogP contribution >= 0.6 is 0 Å². The summed E-state index contributed by atoms with van der Waals surface area (Å²) in [6, 6.07) is 0. The lowest BCUT2D eigenvalue weighted by molar-refractivity contribution is -0.224. The Balaban J connectivity index is 0.000000231. The topological polar surface area (TPSA) is 180 Å². The first-order chi connectivity index (χ1) is 10.7. The molecule has 9 atom stereocenters. The third-order valence-electron chi connectivity index (χ3n) is 3.92. The maximum absolute atomic E-state index is 9.23. The van der Waals surface area contributed by atoms with E-state index in [1.54, 1.807) is 6.92 Å². The summed E-state index contributed by atoms with van der Waals surface area (Å²) in [5.74, 6) is 0. The van der Waals surface area contributed by atoms with Crippen LogP contribution in [0.15, 0.2) is 0 Å². The van der Waals surface area contributed by atoms with Gasteiger partial charge in [0.25, 0.3) is 0 Å². The van der Waals surface area contributed by atoms with E-state index in [2.05, 4.69) is 0 Å². The molecule has 0 radical (unpaired) electrons. The molecule has 10 nitrogen and oxygen atoms in total. The molecule has 8 N–H and O–H groups in total. The Morgan fingerprint density at radius 3 is 1.78 bits per heavy atom. The number of hydrogen-bond acceptors (Lipinski definition) is 10. The van der Waals surface area contributed by atoms with E-state index < -0.39 is 54.9 Å². The summed E-state index contributed by atoms with van der Waals surface area (Å²) in [6.45, 7) is 0.798. The van der Waals surface area contributed by atoms with Crippen molar-refractivity contribution in [1.82, 2.24) is 0 Å². The van der Waals surface area contributed by atoms with E-state index in [0.29, 0.717) is 0 Å². The summed E-state index contributed by atoms with van der Waals surface area (Å²) in [5.41, 5.74) is 0. The van der Waals surface area contributed by atoms with Crippen molar-refractivity contribution < 1.29 is 50.3 Å². The number of ether oxygens (including phenoxy) is 2. The molecule has 9 unspecified atom stereocenters. The van der Waals surface area contributed by atoms with Crippen molar-refractivity contribution in [2.75, 3.05) is 19.8 Å². The molecular formula is C13H26O10. The number of aliphatic hydroxyl groups excluding tert-OH is 8. The summed E-state index contributed by atoms with van der Waals surface area (Å²) in [4.78, 5) is 0. The number of rotatable bonds is 2. The fourth-order valence-corrected chi connectivity index (χ4v) is 2.31. The van der Waals surface area contributed by atoms with Crippen molar-refractivity contribution in [3.63, 3.8) is 0 Å². The molecule has 0 aliphatic carbocycles. The maximum atomic E-state index is 9.23. The maximum Gasteiger partial charge on any atom is 0.111 e. The Labute approximate surface area is 133 Å². The van der Waals surface area contributed by atoms with Gasteiger partial charge >= 0.3 is 0 Å². The van der Waals surface area contributed by atoms with Crippen molar-refractivity contribution in [2.24, 2.45) is 0 Å². The molecule has 0 aromatic rings. The average molecular weight is 342 g/mol. The highest BCUT2D eigenvalue weighted by Crippen LogP contribution is 2.20. The molecule has 23 heavy (non-hydrogen) atoms. The predicted octanol–water partition coefficient (Wildman–Crippen LogP) is -4.69. The molecule has 2 saturated heterocycles. The molecule has 0 saturated carbocycles. The van der Waals surface area contributed by atoms with Gasteiger partial charge in [-0.2, -0.15) is 0 Å². The van der Waals surface area contributed by atoms with Gasteiger partial charge in [-0.3, -0.25) is 0 Å². The molecule has 2 aliphatic heterocycles. The van der Waals surface area contributed by atoms with E-state index in [0.717, 1.165) is 0 Å². The van der Waals surface area contributed by atoms with E-state index in [1.165, 1.54) is 0 Å². The molecule has 0 amide bonds. The van der Waals surface area contributed by atoms with Crippen molar-refractivity contribution in [3.8, 4) is 0 Å². The second-order valence-corrected chi connectivity index (χ2v) is 5.64. The van der Waals surface area contributed by atoms with Crippen LogP contribution in [-0.2, 0) is 9.47 Å². The zero-order chi connectivity index (χ0) is 17.7. The van der Waals surface area contributed by atoms with Crippen molar-refractivity contribution in [2.45, 2.75) is 61.9 Å². The van der Waals surface area contributed by atoms with Crippen molar-refractivity contribution in [3.05, 3.63) is 0 Å². The third-order valence-corrected chi connectivity index (χ3v) is 3.92. The van der Waals surface area contributed by atoms with Crippen LogP contribution in [0.4, 0.5) is 0 Å². The summed E-state index contributed by atoms with van der Waals surface area (Å²) in [7, 11) is 0. The van der Waals surface area contributed by atoms with Gasteiger partial charge < -0.3 is 50.3 Å². The molecule has 2 heterocycles. The highest BCUT2D eigenvalue weighted by Gasteiger charge is 2.41. The molecule has 10 heteroatoms. The van der Waals surface area contributed by atoms with Gasteiger partial charge in [-0.15, -0.1) is 0 Å². The normalized spacial score (nSPS) is 47.6. The fraction of sp³-hybridized carbons (Fsp3) is 1.00. The molecule has 0 bridgehead atoms. The number of hydrogen-bond donors (Lipinski definition) is 8. The van der Waals surface area contributed by atoms with Gasteiger partial charge in [0.15, 0.2) is 0 Å². The summed E-state index contributed by atoms with van der Waals surface area (Å²) in [5, 5.41) is 72.1. The van der Waals surface area contributed by atoms with E-state index in [-0.39, 0.29) is 19.8 Å². The Morgan fingerprint density at radius 1 is 0.739 bits per heavy atom. The Bertz CT molecular complexity index is 336. The fourth-order valence-electron chi connectivity index (χ4n) is 2.31. The second-order valence-electron chi connectivity index (χ2n) is 5.64. The molecule has 0 aromatic heterocycles. The van der Waals surface area contributed by atoms with E-state index in [4.69, 9.17) is 35.0 Å². The minimum atomic E-state index is -1.24. The standard InChI is InChI=1S/C7H14O5.C6H12O5/c1-3-5(9)7(11)6(10)4(2-8)12-3;7-1-4-6(10)5(9)3(8)2-11-4/h3-11H,2H2,1H3;3-10H,1-2H2. The first kappa shape index (κ1) is 20.6. The highest BCUT2D eigenvalue weighted by atomic mass is 16.5. The van der Waals surface area contributed by atoms with Crippen LogP contribution in [0.25, 0.3) is 0 Å². The smallest absolute Gasteiger partial charge is 0.111 e. The molecular weight excluding hydrogens is 316 g/mol. The first-order valence-electron chi connectivity index (χ1n) is 7.31. The van der Waals surface area contributed by atoms with Crippen LogP contribution in [0.2, 0.25) is 0 Å². The van der Waals surface area contributed by atoms with Crippen molar-refractivity contribution in [1.29, 1.82) is 0 Å². The van der Waals surface area contributed by atoms with Crippen LogP contribution in [0.5, 0.6) is 0 Å².